The fourth-order valence-corrected chi connectivity index (χ4v) is 2.39. The monoisotopic (exact) mass is 258 g/mol. The number of hydrogen-bond donors (Lipinski definition) is 3. The molecule has 2 saturated heterocycles. The van der Waals surface area contributed by atoms with Crippen molar-refractivity contribution in [3.05, 3.63) is 0 Å². The van der Waals surface area contributed by atoms with Gasteiger partial charge in [0.25, 0.3) is 0 Å². The maximum Gasteiger partial charge on any atom is 0.237 e. The highest BCUT2D eigenvalue weighted by atomic mass is 16.5. The average molecular weight is 258 g/mol. The van der Waals surface area contributed by atoms with E-state index in [1.807, 2.05) is 0 Å². The van der Waals surface area contributed by atoms with Crippen LogP contribution in [0.5, 0.6) is 0 Å². The molecule has 0 spiro atoms. The van der Waals surface area contributed by atoms with E-state index in [1.54, 1.807) is 7.11 Å². The molecular formula is C12H22N2O4. The van der Waals surface area contributed by atoms with Crippen molar-refractivity contribution in [2.45, 2.75) is 37.0 Å². The molecule has 0 aromatic carbocycles. The Morgan fingerprint density at radius 3 is 2.89 bits per heavy atom. The zero-order chi connectivity index (χ0) is 13.0. The number of rotatable bonds is 4. The Labute approximate surface area is 107 Å². The van der Waals surface area contributed by atoms with Crippen LogP contribution in [0.3, 0.4) is 0 Å². The van der Waals surface area contributed by atoms with Crippen molar-refractivity contribution in [3.8, 4) is 0 Å². The molecular weight excluding hydrogens is 236 g/mol. The lowest BCUT2D eigenvalue weighted by Crippen LogP contribution is -2.50. The van der Waals surface area contributed by atoms with Gasteiger partial charge in [0.2, 0.25) is 5.91 Å². The molecule has 2 fully saturated rings. The summed E-state index contributed by atoms with van der Waals surface area (Å²) in [6, 6.07) is -0.210. The molecule has 0 aliphatic carbocycles. The Morgan fingerprint density at radius 1 is 1.56 bits per heavy atom. The van der Waals surface area contributed by atoms with E-state index in [0.29, 0.717) is 45.6 Å². The van der Waals surface area contributed by atoms with Gasteiger partial charge in [-0.25, -0.2) is 0 Å². The van der Waals surface area contributed by atoms with Crippen molar-refractivity contribution in [1.82, 2.24) is 10.6 Å². The number of aliphatic hydroxyl groups is 1. The van der Waals surface area contributed by atoms with E-state index in [0.717, 1.165) is 0 Å². The van der Waals surface area contributed by atoms with Gasteiger partial charge in [-0.15, -0.1) is 0 Å². The lowest BCUT2D eigenvalue weighted by Gasteiger charge is -2.32. The van der Waals surface area contributed by atoms with Crippen LogP contribution in [-0.4, -0.2) is 62.2 Å². The second-order valence-corrected chi connectivity index (χ2v) is 5.11. The minimum atomic E-state index is -0.812. The van der Waals surface area contributed by atoms with Crippen molar-refractivity contribution in [1.29, 1.82) is 0 Å². The van der Waals surface area contributed by atoms with Crippen LogP contribution >= 0.6 is 0 Å². The Hall–Kier alpha value is -0.690. The maximum atomic E-state index is 11.9. The summed E-state index contributed by atoms with van der Waals surface area (Å²) in [5.74, 6) is -0.0607. The smallest absolute Gasteiger partial charge is 0.237 e. The molecule has 0 bridgehead atoms. The topological polar surface area (TPSA) is 79.8 Å². The summed E-state index contributed by atoms with van der Waals surface area (Å²) in [5, 5.41) is 16.2. The lowest BCUT2D eigenvalue weighted by atomic mass is 9.94. The first-order valence-electron chi connectivity index (χ1n) is 6.47. The summed E-state index contributed by atoms with van der Waals surface area (Å²) in [6.07, 6.45) is 1.94. The van der Waals surface area contributed by atoms with E-state index in [9.17, 15) is 9.90 Å². The van der Waals surface area contributed by atoms with Gasteiger partial charge in [-0.1, -0.05) is 0 Å². The zero-order valence-electron chi connectivity index (χ0n) is 10.8. The van der Waals surface area contributed by atoms with Crippen molar-refractivity contribution in [2.75, 3.05) is 33.4 Å². The highest BCUT2D eigenvalue weighted by Gasteiger charge is 2.33. The third-order valence-electron chi connectivity index (χ3n) is 3.76. The minimum Gasteiger partial charge on any atom is -0.388 e. The van der Waals surface area contributed by atoms with Crippen LogP contribution in [0.4, 0.5) is 0 Å². The highest BCUT2D eigenvalue weighted by molar-refractivity contribution is 5.82. The lowest BCUT2D eigenvalue weighted by molar-refractivity contribution is -0.125. The van der Waals surface area contributed by atoms with E-state index in [4.69, 9.17) is 9.47 Å². The molecule has 2 aliphatic rings. The van der Waals surface area contributed by atoms with Gasteiger partial charge in [0.15, 0.2) is 0 Å². The van der Waals surface area contributed by atoms with Crippen molar-refractivity contribution in [3.63, 3.8) is 0 Å². The van der Waals surface area contributed by atoms with E-state index in [2.05, 4.69) is 10.6 Å². The summed E-state index contributed by atoms with van der Waals surface area (Å²) in [6.45, 7) is 2.11. The van der Waals surface area contributed by atoms with E-state index in [-0.39, 0.29) is 18.1 Å². The van der Waals surface area contributed by atoms with Gasteiger partial charge in [-0.3, -0.25) is 4.79 Å². The Morgan fingerprint density at radius 2 is 2.28 bits per heavy atom. The molecule has 6 nitrogen and oxygen atoms in total. The van der Waals surface area contributed by atoms with Gasteiger partial charge < -0.3 is 25.2 Å². The van der Waals surface area contributed by atoms with Crippen LogP contribution < -0.4 is 10.6 Å². The third-order valence-corrected chi connectivity index (χ3v) is 3.76. The molecule has 6 heteroatoms. The zero-order valence-corrected chi connectivity index (χ0v) is 10.8. The molecule has 0 saturated carbocycles. The first kappa shape index (κ1) is 13.7. The van der Waals surface area contributed by atoms with Gasteiger partial charge >= 0.3 is 0 Å². The van der Waals surface area contributed by atoms with Crippen molar-refractivity contribution >= 4 is 5.91 Å². The number of carbonyl (C=O) groups excluding carboxylic acids is 1. The fraction of sp³-hybridized carbons (Fsp3) is 0.917. The summed E-state index contributed by atoms with van der Waals surface area (Å²) >= 11 is 0. The molecule has 2 rings (SSSR count). The Bertz CT molecular complexity index is 292. The first-order chi connectivity index (χ1) is 8.63. The molecule has 0 aromatic rings. The van der Waals surface area contributed by atoms with Crippen LogP contribution in [0.15, 0.2) is 0 Å². The molecule has 2 aliphatic heterocycles. The van der Waals surface area contributed by atoms with Gasteiger partial charge in [-0.2, -0.15) is 0 Å². The number of nitrogens with one attached hydrogen (secondary N) is 2. The molecule has 104 valence electrons. The van der Waals surface area contributed by atoms with Crippen LogP contribution in [0.2, 0.25) is 0 Å². The fourth-order valence-electron chi connectivity index (χ4n) is 2.39. The Kier molecular flexibility index (Phi) is 4.55. The predicted octanol–water partition coefficient (Wildman–Crippen LogP) is -0.979. The number of carbonyl (C=O) groups is 1. The Balaban J connectivity index is 1.74. The standard InChI is InChI=1S/C12H22N2O4/c1-17-9-6-10(13-7-9)11(15)14-8-12(16)2-4-18-5-3-12/h9-10,13,16H,2-8H2,1H3,(H,14,15). The summed E-state index contributed by atoms with van der Waals surface area (Å²) in [7, 11) is 1.65. The van der Waals surface area contributed by atoms with Gasteiger partial charge in [-0.05, 0) is 6.42 Å². The SMILES string of the molecule is COC1CNC(C(=O)NCC2(O)CCOCC2)C1. The summed E-state index contributed by atoms with van der Waals surface area (Å²) in [4.78, 5) is 11.9. The van der Waals surface area contributed by atoms with Gasteiger partial charge in [0.1, 0.15) is 0 Å². The van der Waals surface area contributed by atoms with Crippen LogP contribution in [0.25, 0.3) is 0 Å². The maximum absolute atomic E-state index is 11.9. The molecule has 2 atom stereocenters. The van der Waals surface area contributed by atoms with Crippen molar-refractivity contribution in [2.24, 2.45) is 0 Å². The molecule has 0 aromatic heterocycles. The molecule has 2 heterocycles. The molecule has 0 radical (unpaired) electrons. The van der Waals surface area contributed by atoms with Crippen LogP contribution in [0, 0.1) is 0 Å². The third kappa shape index (κ3) is 3.41. The van der Waals surface area contributed by atoms with E-state index >= 15 is 0 Å². The number of amides is 1. The largest absolute Gasteiger partial charge is 0.388 e. The molecule has 18 heavy (non-hydrogen) atoms. The second-order valence-electron chi connectivity index (χ2n) is 5.11. The first-order valence-corrected chi connectivity index (χ1v) is 6.47. The van der Waals surface area contributed by atoms with Crippen LogP contribution in [-0.2, 0) is 14.3 Å². The molecule has 3 N–H and O–H groups in total. The van der Waals surface area contributed by atoms with E-state index in [1.165, 1.54) is 0 Å². The normalized spacial score (nSPS) is 31.2. The number of hydrogen-bond acceptors (Lipinski definition) is 5. The molecule has 1 amide bonds. The molecule has 2 unspecified atom stereocenters. The highest BCUT2D eigenvalue weighted by Crippen LogP contribution is 2.19. The quantitative estimate of drug-likeness (QED) is 0.604. The number of ether oxygens (including phenoxy) is 2. The minimum absolute atomic E-state index is 0.0607. The van der Waals surface area contributed by atoms with Gasteiger partial charge in [0, 0.05) is 46.3 Å². The van der Waals surface area contributed by atoms with Gasteiger partial charge in [0.05, 0.1) is 17.7 Å². The number of methoxy groups -OCH3 is 1. The predicted molar refractivity (Wildman–Crippen MR) is 65.2 cm³/mol. The average Bonchev–Trinajstić information content (AvgIpc) is 2.86. The summed E-state index contributed by atoms with van der Waals surface area (Å²) in [5.41, 5.74) is -0.812. The van der Waals surface area contributed by atoms with Crippen LogP contribution in [0.1, 0.15) is 19.3 Å². The summed E-state index contributed by atoms with van der Waals surface area (Å²) < 4.78 is 10.4. The van der Waals surface area contributed by atoms with E-state index < -0.39 is 5.60 Å². The van der Waals surface area contributed by atoms with Crippen molar-refractivity contribution < 1.29 is 19.4 Å². The second kappa shape index (κ2) is 5.97.